The fourth-order valence-electron chi connectivity index (χ4n) is 3.27. The van der Waals surface area contributed by atoms with Gasteiger partial charge in [0.25, 0.3) is 10.1 Å². The van der Waals surface area contributed by atoms with Crippen molar-refractivity contribution in [3.8, 4) is 5.75 Å². The summed E-state index contributed by atoms with van der Waals surface area (Å²) in [7, 11) is -3.82. The summed E-state index contributed by atoms with van der Waals surface area (Å²) >= 11 is 0. The normalized spacial score (nSPS) is 15.7. The lowest BCUT2D eigenvalue weighted by Crippen LogP contribution is -2.23. The topological polar surface area (TPSA) is 64.6 Å². The molecule has 0 saturated carbocycles. The third-order valence-electron chi connectivity index (χ3n) is 4.65. The molecule has 0 amide bonds. The van der Waals surface area contributed by atoms with Gasteiger partial charge in [-0.1, -0.05) is 48.5 Å². The number of anilines is 2. The number of rotatable bonds is 6. The zero-order valence-electron chi connectivity index (χ0n) is 15.5. The maximum atomic E-state index is 12.5. The van der Waals surface area contributed by atoms with Crippen LogP contribution in [-0.2, 0) is 20.7 Å². The second-order valence-electron chi connectivity index (χ2n) is 6.73. The fourth-order valence-corrected chi connectivity index (χ4v) is 4.44. The highest BCUT2D eigenvalue weighted by molar-refractivity contribution is 7.86. The molecule has 1 unspecified atom stereocenters. The molecule has 0 radical (unpaired) electrons. The Morgan fingerprint density at radius 2 is 1.75 bits per heavy atom. The number of ether oxygens (including phenoxy) is 1. The molecule has 4 rings (SSSR count). The highest BCUT2D eigenvalue weighted by Gasteiger charge is 2.28. The molecule has 3 aromatic carbocycles. The van der Waals surface area contributed by atoms with Gasteiger partial charge in [-0.2, -0.15) is 8.42 Å². The van der Waals surface area contributed by atoms with Crippen LogP contribution in [-0.4, -0.2) is 21.1 Å². The van der Waals surface area contributed by atoms with Crippen molar-refractivity contribution in [1.29, 1.82) is 0 Å². The van der Waals surface area contributed by atoms with Gasteiger partial charge in [-0.15, -0.1) is 0 Å². The number of hydrogen-bond acceptors (Lipinski definition) is 5. The van der Waals surface area contributed by atoms with E-state index < -0.39 is 10.1 Å². The van der Waals surface area contributed by atoms with Crippen LogP contribution in [0, 0.1) is 6.92 Å². The predicted molar refractivity (Wildman–Crippen MR) is 109 cm³/mol. The number of benzene rings is 3. The van der Waals surface area contributed by atoms with Crippen LogP contribution >= 0.6 is 0 Å². The summed E-state index contributed by atoms with van der Waals surface area (Å²) in [5, 5.41) is 3.35. The van der Waals surface area contributed by atoms with Crippen LogP contribution in [0.25, 0.3) is 0 Å². The predicted octanol–water partition coefficient (Wildman–Crippen LogP) is 4.45. The van der Waals surface area contributed by atoms with E-state index in [0.29, 0.717) is 12.0 Å². The Morgan fingerprint density at radius 1 is 1.00 bits per heavy atom. The second kappa shape index (κ2) is 7.66. The third kappa shape index (κ3) is 3.88. The second-order valence-corrected chi connectivity index (χ2v) is 8.32. The van der Waals surface area contributed by atoms with Crippen molar-refractivity contribution in [2.75, 3.05) is 11.9 Å². The Morgan fingerprint density at radius 3 is 2.54 bits per heavy atom. The van der Waals surface area contributed by atoms with Crippen molar-refractivity contribution in [3.05, 3.63) is 83.9 Å². The lowest BCUT2D eigenvalue weighted by Gasteiger charge is -2.14. The quantitative estimate of drug-likeness (QED) is 0.625. The van der Waals surface area contributed by atoms with Crippen LogP contribution in [0.4, 0.5) is 11.4 Å². The summed E-state index contributed by atoms with van der Waals surface area (Å²) in [6, 6.07) is 22.5. The highest BCUT2D eigenvalue weighted by atomic mass is 32.2. The van der Waals surface area contributed by atoms with Crippen molar-refractivity contribution in [1.82, 2.24) is 0 Å². The van der Waals surface area contributed by atoms with Crippen molar-refractivity contribution < 1.29 is 17.3 Å². The Hall–Kier alpha value is -2.83. The highest BCUT2D eigenvalue weighted by Crippen LogP contribution is 2.38. The number of para-hydroxylation sites is 2. The maximum Gasteiger partial charge on any atom is 0.297 e. The van der Waals surface area contributed by atoms with Crippen LogP contribution in [0.5, 0.6) is 5.75 Å². The van der Waals surface area contributed by atoms with Crippen molar-refractivity contribution in [3.63, 3.8) is 0 Å². The average Bonchev–Trinajstić information content (AvgIpc) is 3.12. The van der Waals surface area contributed by atoms with E-state index in [1.807, 2.05) is 48.5 Å². The molecule has 0 saturated heterocycles. The number of nitrogens with one attached hydrogen (secondary N) is 1. The van der Waals surface area contributed by atoms with E-state index in [2.05, 4.69) is 5.32 Å². The van der Waals surface area contributed by atoms with Crippen LogP contribution in [0.15, 0.2) is 77.7 Å². The van der Waals surface area contributed by atoms with E-state index in [-0.39, 0.29) is 17.6 Å². The van der Waals surface area contributed by atoms with Crippen molar-refractivity contribution in [2.45, 2.75) is 24.3 Å². The minimum atomic E-state index is -3.82. The molecule has 144 valence electrons. The number of aryl methyl sites for hydroxylation is 1. The molecule has 1 aliphatic rings. The maximum absolute atomic E-state index is 12.5. The Balaban J connectivity index is 1.46. The van der Waals surface area contributed by atoms with Gasteiger partial charge in [0, 0.05) is 17.7 Å². The van der Waals surface area contributed by atoms with Gasteiger partial charge >= 0.3 is 0 Å². The van der Waals surface area contributed by atoms with E-state index in [0.717, 1.165) is 22.7 Å². The molecule has 1 N–H and O–H groups in total. The van der Waals surface area contributed by atoms with E-state index in [4.69, 9.17) is 8.92 Å². The first-order chi connectivity index (χ1) is 13.5. The molecular formula is C22H21NO4S. The molecule has 1 aliphatic heterocycles. The van der Waals surface area contributed by atoms with E-state index >= 15 is 0 Å². The summed E-state index contributed by atoms with van der Waals surface area (Å²) < 4.78 is 36.3. The van der Waals surface area contributed by atoms with E-state index in [1.54, 1.807) is 31.2 Å². The molecule has 0 spiro atoms. The SMILES string of the molecule is Cc1ccccc1S(=O)(=O)OCC1Cc2cccc(Nc3ccccc3)c2O1. The van der Waals surface area contributed by atoms with Crippen LogP contribution in [0.2, 0.25) is 0 Å². The zero-order valence-corrected chi connectivity index (χ0v) is 16.3. The molecular weight excluding hydrogens is 374 g/mol. The molecule has 0 aromatic heterocycles. The van der Waals surface area contributed by atoms with Crippen molar-refractivity contribution in [2.24, 2.45) is 0 Å². The largest absolute Gasteiger partial charge is 0.485 e. The minimum Gasteiger partial charge on any atom is -0.485 e. The summed E-state index contributed by atoms with van der Waals surface area (Å²) in [4.78, 5) is 0.192. The molecule has 5 nitrogen and oxygen atoms in total. The molecule has 0 fully saturated rings. The lowest BCUT2D eigenvalue weighted by atomic mass is 10.1. The van der Waals surface area contributed by atoms with Gasteiger partial charge in [0.05, 0.1) is 10.6 Å². The third-order valence-corrected chi connectivity index (χ3v) is 6.10. The number of fused-ring (bicyclic) bond motifs is 1. The van der Waals surface area contributed by atoms with Gasteiger partial charge in [0.1, 0.15) is 18.5 Å². The van der Waals surface area contributed by atoms with Crippen LogP contribution in [0.3, 0.4) is 0 Å². The van der Waals surface area contributed by atoms with E-state index in [1.165, 1.54) is 0 Å². The van der Waals surface area contributed by atoms with Gasteiger partial charge in [-0.05, 0) is 36.8 Å². The van der Waals surface area contributed by atoms with Gasteiger partial charge < -0.3 is 10.1 Å². The molecule has 28 heavy (non-hydrogen) atoms. The van der Waals surface area contributed by atoms with Gasteiger partial charge in [0.2, 0.25) is 0 Å². The summed E-state index contributed by atoms with van der Waals surface area (Å²) in [6.07, 6.45) is 0.246. The van der Waals surface area contributed by atoms with Crippen LogP contribution < -0.4 is 10.1 Å². The summed E-state index contributed by atoms with van der Waals surface area (Å²) in [5.41, 5.74) is 3.50. The minimum absolute atomic E-state index is 0.0316. The molecule has 1 atom stereocenters. The van der Waals surface area contributed by atoms with Crippen LogP contribution in [0.1, 0.15) is 11.1 Å². The number of hydrogen-bond donors (Lipinski definition) is 1. The summed E-state index contributed by atoms with van der Waals surface area (Å²) in [6.45, 7) is 1.72. The average molecular weight is 395 g/mol. The van der Waals surface area contributed by atoms with Crippen molar-refractivity contribution >= 4 is 21.5 Å². The van der Waals surface area contributed by atoms with Gasteiger partial charge in [0.15, 0.2) is 0 Å². The first kappa shape index (κ1) is 18.5. The first-order valence-electron chi connectivity index (χ1n) is 9.08. The standard InChI is InChI=1S/C22H21NO4S/c1-16-8-5-6-13-21(16)28(24,25)26-15-19-14-17-9-7-12-20(22(17)27-19)23-18-10-3-2-4-11-18/h2-13,19,23H,14-15H2,1H3. The van der Waals surface area contributed by atoms with Gasteiger partial charge in [-0.25, -0.2) is 0 Å². The Labute approximate surface area is 165 Å². The molecule has 0 aliphatic carbocycles. The zero-order chi connectivity index (χ0) is 19.6. The van der Waals surface area contributed by atoms with E-state index in [9.17, 15) is 8.42 Å². The fraction of sp³-hybridized carbons (Fsp3) is 0.182. The Kier molecular flexibility index (Phi) is 5.07. The first-order valence-corrected chi connectivity index (χ1v) is 10.5. The van der Waals surface area contributed by atoms with Gasteiger partial charge in [-0.3, -0.25) is 4.18 Å². The molecule has 0 bridgehead atoms. The molecule has 1 heterocycles. The molecule has 3 aromatic rings. The summed E-state index contributed by atoms with van der Waals surface area (Å²) in [5.74, 6) is 0.744. The Bertz CT molecular complexity index is 1080. The molecule has 6 heteroatoms. The lowest BCUT2D eigenvalue weighted by molar-refractivity contribution is 0.153. The smallest absolute Gasteiger partial charge is 0.297 e. The monoisotopic (exact) mass is 395 g/mol.